The van der Waals surface area contributed by atoms with Gasteiger partial charge in [0.15, 0.2) is 11.5 Å². The lowest BCUT2D eigenvalue weighted by atomic mass is 10.1. The van der Waals surface area contributed by atoms with Crippen molar-refractivity contribution in [3.8, 4) is 22.8 Å². The summed E-state index contributed by atoms with van der Waals surface area (Å²) in [6.07, 6.45) is 0. The van der Waals surface area contributed by atoms with Crippen LogP contribution in [0.2, 0.25) is 0 Å². The first-order chi connectivity index (χ1) is 8.52. The fourth-order valence-electron chi connectivity index (χ4n) is 1.56. The van der Waals surface area contributed by atoms with E-state index in [2.05, 4.69) is 5.16 Å². The number of aromatic hydroxyl groups is 1. The van der Waals surface area contributed by atoms with Gasteiger partial charge in [0.05, 0.1) is 12.7 Å². The zero-order chi connectivity index (χ0) is 13.3. The van der Waals surface area contributed by atoms with E-state index in [0.717, 1.165) is 0 Å². The highest BCUT2D eigenvalue weighted by molar-refractivity contribution is 5.87. The number of nitrogens with zero attached hydrogens (tertiary/aromatic N) is 1. The van der Waals surface area contributed by atoms with Crippen LogP contribution >= 0.6 is 0 Å². The first-order valence-electron chi connectivity index (χ1n) is 5.11. The molecule has 0 saturated heterocycles. The molecule has 0 atom stereocenters. The topological polar surface area (TPSA) is 92.8 Å². The molecule has 6 nitrogen and oxygen atoms in total. The second kappa shape index (κ2) is 4.40. The number of rotatable bonds is 3. The summed E-state index contributed by atoms with van der Waals surface area (Å²) in [6, 6.07) is 4.46. The quantitative estimate of drug-likeness (QED) is 0.864. The monoisotopic (exact) mass is 249 g/mol. The van der Waals surface area contributed by atoms with Crippen LogP contribution in [0, 0.1) is 6.92 Å². The minimum absolute atomic E-state index is 0.00360. The molecule has 1 heterocycles. The van der Waals surface area contributed by atoms with Crippen molar-refractivity contribution in [3.05, 3.63) is 29.5 Å². The zero-order valence-corrected chi connectivity index (χ0v) is 9.80. The molecular weight excluding hydrogens is 238 g/mol. The third-order valence-electron chi connectivity index (χ3n) is 2.50. The van der Waals surface area contributed by atoms with Crippen molar-refractivity contribution in [3.63, 3.8) is 0 Å². The van der Waals surface area contributed by atoms with Crippen LogP contribution in [0.4, 0.5) is 0 Å². The molecular formula is C12H11NO5. The van der Waals surface area contributed by atoms with Crippen molar-refractivity contribution in [2.24, 2.45) is 0 Å². The van der Waals surface area contributed by atoms with E-state index in [4.69, 9.17) is 14.4 Å². The third-order valence-corrected chi connectivity index (χ3v) is 2.50. The average Bonchev–Trinajstić information content (AvgIpc) is 2.82. The molecule has 2 N–H and O–H groups in total. The third kappa shape index (κ3) is 2.00. The number of aromatic nitrogens is 1. The predicted octanol–water partition coefficient (Wildman–Crippen LogP) is 2.06. The lowest BCUT2D eigenvalue weighted by Gasteiger charge is -2.07. The van der Waals surface area contributed by atoms with E-state index in [1.165, 1.54) is 13.2 Å². The maximum atomic E-state index is 10.7. The molecule has 0 aliphatic heterocycles. The first-order valence-corrected chi connectivity index (χ1v) is 5.11. The molecule has 0 aliphatic rings. The van der Waals surface area contributed by atoms with Gasteiger partial charge in [-0.25, -0.2) is 4.79 Å². The Morgan fingerprint density at radius 3 is 2.67 bits per heavy atom. The van der Waals surface area contributed by atoms with Gasteiger partial charge in [-0.3, -0.25) is 0 Å². The number of aromatic carboxylic acids is 1. The van der Waals surface area contributed by atoms with Gasteiger partial charge >= 0.3 is 5.97 Å². The van der Waals surface area contributed by atoms with Gasteiger partial charge in [0, 0.05) is 6.07 Å². The summed E-state index contributed by atoms with van der Waals surface area (Å²) < 4.78 is 9.98. The summed E-state index contributed by atoms with van der Waals surface area (Å²) in [5.74, 6) is -0.478. The number of hydrogen-bond acceptors (Lipinski definition) is 5. The normalized spacial score (nSPS) is 10.3. The van der Waals surface area contributed by atoms with Crippen LogP contribution in [0.1, 0.15) is 16.1 Å². The zero-order valence-electron chi connectivity index (χ0n) is 9.80. The number of phenolic OH excluding ortho intramolecular Hbond substituents is 1. The van der Waals surface area contributed by atoms with Crippen LogP contribution < -0.4 is 4.74 Å². The van der Waals surface area contributed by atoms with Gasteiger partial charge in [-0.15, -0.1) is 0 Å². The standard InChI is InChI=1S/C12H11NO5/c1-6-3-7(17-2)4-8(11(6)14)10-5-9(12(15)16)13-18-10/h3-5,14H,1-2H3,(H,15,16). The molecule has 0 bridgehead atoms. The van der Waals surface area contributed by atoms with Crippen molar-refractivity contribution in [1.29, 1.82) is 0 Å². The fraction of sp³-hybridized carbons (Fsp3) is 0.167. The van der Waals surface area contributed by atoms with Crippen molar-refractivity contribution < 1.29 is 24.3 Å². The number of methoxy groups -OCH3 is 1. The molecule has 0 radical (unpaired) electrons. The number of ether oxygens (including phenoxy) is 1. The molecule has 0 spiro atoms. The van der Waals surface area contributed by atoms with Gasteiger partial charge in [-0.2, -0.15) is 0 Å². The van der Waals surface area contributed by atoms with E-state index >= 15 is 0 Å². The largest absolute Gasteiger partial charge is 0.507 e. The maximum absolute atomic E-state index is 10.7. The van der Waals surface area contributed by atoms with E-state index in [9.17, 15) is 9.90 Å². The Morgan fingerprint density at radius 2 is 2.11 bits per heavy atom. The molecule has 1 aromatic carbocycles. The number of hydrogen-bond donors (Lipinski definition) is 2. The molecule has 0 fully saturated rings. The number of aryl methyl sites for hydroxylation is 1. The Hall–Kier alpha value is -2.50. The molecule has 0 unspecified atom stereocenters. The number of carboxylic acid groups (broad SMARTS) is 1. The highest BCUT2D eigenvalue weighted by atomic mass is 16.5. The van der Waals surface area contributed by atoms with Crippen LogP contribution in [0.15, 0.2) is 22.7 Å². The molecule has 18 heavy (non-hydrogen) atoms. The van der Waals surface area contributed by atoms with Gasteiger partial charge in [0.25, 0.3) is 0 Å². The molecule has 0 aliphatic carbocycles. The van der Waals surface area contributed by atoms with Crippen molar-refractivity contribution >= 4 is 5.97 Å². The second-order valence-electron chi connectivity index (χ2n) is 3.72. The number of carboxylic acids is 1. The van der Waals surface area contributed by atoms with Crippen LogP contribution in [-0.2, 0) is 0 Å². The molecule has 2 rings (SSSR count). The Labute approximate surface area is 102 Å². The second-order valence-corrected chi connectivity index (χ2v) is 3.72. The van der Waals surface area contributed by atoms with Crippen molar-refractivity contribution in [1.82, 2.24) is 5.16 Å². The SMILES string of the molecule is COc1cc(C)c(O)c(-c2cc(C(=O)O)no2)c1. The van der Waals surface area contributed by atoms with Gasteiger partial charge < -0.3 is 19.5 Å². The molecule has 0 amide bonds. The smallest absolute Gasteiger partial charge is 0.358 e. The molecule has 0 saturated carbocycles. The minimum Gasteiger partial charge on any atom is -0.507 e. The lowest BCUT2D eigenvalue weighted by Crippen LogP contribution is -1.94. The Balaban J connectivity index is 2.55. The van der Waals surface area contributed by atoms with Gasteiger partial charge in [-0.1, -0.05) is 5.16 Å². The Kier molecular flexibility index (Phi) is 2.93. The number of carbonyl (C=O) groups is 1. The van der Waals surface area contributed by atoms with E-state index in [-0.39, 0.29) is 17.2 Å². The Bertz CT molecular complexity index is 603. The van der Waals surface area contributed by atoms with Crippen molar-refractivity contribution in [2.75, 3.05) is 7.11 Å². The average molecular weight is 249 g/mol. The molecule has 1 aromatic heterocycles. The number of phenols is 1. The van der Waals surface area contributed by atoms with E-state index in [0.29, 0.717) is 16.9 Å². The summed E-state index contributed by atoms with van der Waals surface area (Å²) in [5, 5.41) is 22.1. The fourth-order valence-corrected chi connectivity index (χ4v) is 1.56. The summed E-state index contributed by atoms with van der Waals surface area (Å²) in [5.41, 5.74) is 0.717. The van der Waals surface area contributed by atoms with Crippen molar-refractivity contribution in [2.45, 2.75) is 6.92 Å². The maximum Gasteiger partial charge on any atom is 0.358 e. The van der Waals surface area contributed by atoms with E-state index in [1.807, 2.05) is 0 Å². The van der Waals surface area contributed by atoms with Crippen LogP contribution in [0.5, 0.6) is 11.5 Å². The van der Waals surface area contributed by atoms with E-state index < -0.39 is 5.97 Å². The van der Waals surface area contributed by atoms with Gasteiger partial charge in [0.1, 0.15) is 11.5 Å². The van der Waals surface area contributed by atoms with Gasteiger partial charge in [-0.05, 0) is 24.6 Å². The number of benzene rings is 1. The molecule has 6 heteroatoms. The Morgan fingerprint density at radius 1 is 1.39 bits per heavy atom. The molecule has 2 aromatic rings. The predicted molar refractivity (Wildman–Crippen MR) is 61.9 cm³/mol. The summed E-state index contributed by atoms with van der Waals surface area (Å²) in [4.78, 5) is 10.7. The van der Waals surface area contributed by atoms with Gasteiger partial charge in [0.2, 0.25) is 0 Å². The first kappa shape index (κ1) is 12.0. The van der Waals surface area contributed by atoms with Crippen LogP contribution in [0.3, 0.4) is 0 Å². The summed E-state index contributed by atoms with van der Waals surface area (Å²) in [7, 11) is 1.50. The van der Waals surface area contributed by atoms with Crippen LogP contribution in [-0.4, -0.2) is 28.4 Å². The summed E-state index contributed by atoms with van der Waals surface area (Å²) >= 11 is 0. The minimum atomic E-state index is -1.19. The lowest BCUT2D eigenvalue weighted by molar-refractivity contribution is 0.0686. The molecule has 94 valence electrons. The highest BCUT2D eigenvalue weighted by Gasteiger charge is 2.17. The van der Waals surface area contributed by atoms with E-state index in [1.54, 1.807) is 19.1 Å². The van der Waals surface area contributed by atoms with Crippen LogP contribution in [0.25, 0.3) is 11.3 Å². The summed E-state index contributed by atoms with van der Waals surface area (Å²) in [6.45, 7) is 1.70. The highest BCUT2D eigenvalue weighted by Crippen LogP contribution is 2.35.